The lowest BCUT2D eigenvalue weighted by Crippen LogP contribution is -2.43. The maximum absolute atomic E-state index is 11.9. The van der Waals surface area contributed by atoms with Crippen molar-refractivity contribution in [3.05, 3.63) is 29.8 Å². The van der Waals surface area contributed by atoms with Crippen molar-refractivity contribution in [2.75, 3.05) is 13.2 Å². The highest BCUT2D eigenvalue weighted by molar-refractivity contribution is 5.81. The van der Waals surface area contributed by atoms with E-state index in [2.05, 4.69) is 5.32 Å². The highest BCUT2D eigenvalue weighted by atomic mass is 16.5. The molecule has 1 aliphatic carbocycles. The molecule has 0 saturated heterocycles. The first-order valence-electron chi connectivity index (χ1n) is 7.58. The van der Waals surface area contributed by atoms with E-state index in [9.17, 15) is 9.90 Å². The zero-order valence-corrected chi connectivity index (χ0v) is 12.3. The number of carbonyl (C=O) groups is 1. The Morgan fingerprint density at radius 2 is 2.00 bits per heavy atom. The molecule has 2 rings (SSSR count). The Kier molecular flexibility index (Phi) is 6.02. The first-order valence-corrected chi connectivity index (χ1v) is 7.58. The van der Waals surface area contributed by atoms with Gasteiger partial charge < -0.3 is 20.9 Å². The molecule has 1 aromatic rings. The second-order valence-electron chi connectivity index (χ2n) is 5.55. The Morgan fingerprint density at radius 3 is 2.67 bits per heavy atom. The summed E-state index contributed by atoms with van der Waals surface area (Å²) in [5.74, 6) is 0.0407. The SMILES string of the molecule is N[C@H](Cc1ccc(O)cc1)C(=O)NCCOC1CCCC1. The van der Waals surface area contributed by atoms with E-state index in [1.807, 2.05) is 0 Å². The molecule has 0 heterocycles. The minimum absolute atomic E-state index is 0.168. The fourth-order valence-electron chi connectivity index (χ4n) is 2.56. The quantitative estimate of drug-likeness (QED) is 0.662. The molecule has 0 aromatic heterocycles. The van der Waals surface area contributed by atoms with E-state index in [1.54, 1.807) is 24.3 Å². The summed E-state index contributed by atoms with van der Waals surface area (Å²) >= 11 is 0. The van der Waals surface area contributed by atoms with Crippen LogP contribution in [0.25, 0.3) is 0 Å². The average molecular weight is 292 g/mol. The van der Waals surface area contributed by atoms with Crippen molar-refractivity contribution < 1.29 is 14.6 Å². The van der Waals surface area contributed by atoms with Gasteiger partial charge in [0.25, 0.3) is 0 Å². The van der Waals surface area contributed by atoms with Gasteiger partial charge in [-0.25, -0.2) is 0 Å². The lowest BCUT2D eigenvalue weighted by atomic mass is 10.1. The van der Waals surface area contributed by atoms with Crippen LogP contribution in [0.3, 0.4) is 0 Å². The van der Waals surface area contributed by atoms with Gasteiger partial charge in [-0.2, -0.15) is 0 Å². The molecular formula is C16H24N2O3. The molecule has 1 saturated carbocycles. The molecule has 0 bridgehead atoms. The van der Waals surface area contributed by atoms with Crippen molar-refractivity contribution in [1.29, 1.82) is 0 Å². The number of phenolic OH excluding ortho intramolecular Hbond substituents is 1. The topological polar surface area (TPSA) is 84.6 Å². The van der Waals surface area contributed by atoms with Crippen molar-refractivity contribution >= 4 is 5.91 Å². The standard InChI is InChI=1S/C16H24N2O3/c17-15(11-12-5-7-13(19)8-6-12)16(20)18-9-10-21-14-3-1-2-4-14/h5-8,14-15,19H,1-4,9-11,17H2,(H,18,20)/t15-/m1/s1. The predicted octanol–water partition coefficient (Wildman–Crippen LogP) is 1.34. The van der Waals surface area contributed by atoms with Crippen LogP contribution in [0.4, 0.5) is 0 Å². The lowest BCUT2D eigenvalue weighted by molar-refractivity contribution is -0.122. The lowest BCUT2D eigenvalue weighted by Gasteiger charge is -2.14. The van der Waals surface area contributed by atoms with Crippen molar-refractivity contribution in [1.82, 2.24) is 5.32 Å². The molecule has 0 radical (unpaired) electrons. The first kappa shape index (κ1) is 15.8. The number of amides is 1. The van der Waals surface area contributed by atoms with Crippen LogP contribution in [-0.2, 0) is 16.0 Å². The molecular weight excluding hydrogens is 268 g/mol. The number of hydrogen-bond acceptors (Lipinski definition) is 4. The highest BCUT2D eigenvalue weighted by Gasteiger charge is 2.16. The number of nitrogens with one attached hydrogen (secondary N) is 1. The minimum Gasteiger partial charge on any atom is -0.508 e. The number of nitrogens with two attached hydrogens (primary N) is 1. The summed E-state index contributed by atoms with van der Waals surface area (Å²) < 4.78 is 5.68. The van der Waals surface area contributed by atoms with E-state index >= 15 is 0 Å². The number of ether oxygens (including phenoxy) is 1. The van der Waals surface area contributed by atoms with E-state index in [0.717, 1.165) is 18.4 Å². The third kappa shape index (κ3) is 5.36. The van der Waals surface area contributed by atoms with Crippen LogP contribution in [0.1, 0.15) is 31.2 Å². The third-order valence-corrected chi connectivity index (χ3v) is 3.79. The van der Waals surface area contributed by atoms with Crippen molar-refractivity contribution in [3.8, 4) is 5.75 Å². The Bertz CT molecular complexity index is 441. The van der Waals surface area contributed by atoms with E-state index < -0.39 is 6.04 Å². The molecule has 0 spiro atoms. The summed E-state index contributed by atoms with van der Waals surface area (Å²) in [4.78, 5) is 11.9. The van der Waals surface area contributed by atoms with E-state index in [-0.39, 0.29) is 11.7 Å². The summed E-state index contributed by atoms with van der Waals surface area (Å²) in [6.07, 6.45) is 5.58. The van der Waals surface area contributed by atoms with Crippen molar-refractivity contribution in [3.63, 3.8) is 0 Å². The van der Waals surface area contributed by atoms with Crippen LogP contribution in [0.2, 0.25) is 0 Å². The molecule has 5 nitrogen and oxygen atoms in total. The van der Waals surface area contributed by atoms with Crippen LogP contribution in [0.5, 0.6) is 5.75 Å². The van der Waals surface area contributed by atoms with Gasteiger partial charge in [0.15, 0.2) is 0 Å². The van der Waals surface area contributed by atoms with E-state index in [4.69, 9.17) is 10.5 Å². The highest BCUT2D eigenvalue weighted by Crippen LogP contribution is 2.20. The second-order valence-corrected chi connectivity index (χ2v) is 5.55. The molecule has 1 atom stereocenters. The molecule has 1 aromatic carbocycles. The molecule has 4 N–H and O–H groups in total. The van der Waals surface area contributed by atoms with Gasteiger partial charge in [0, 0.05) is 6.54 Å². The summed E-state index contributed by atoms with van der Waals surface area (Å²) in [6.45, 7) is 1.04. The average Bonchev–Trinajstić information content (AvgIpc) is 2.99. The largest absolute Gasteiger partial charge is 0.508 e. The Hall–Kier alpha value is -1.59. The van der Waals surface area contributed by atoms with Crippen LogP contribution in [0, 0.1) is 0 Å². The monoisotopic (exact) mass is 292 g/mol. The summed E-state index contributed by atoms with van der Waals surface area (Å²) in [5, 5.41) is 12.0. The van der Waals surface area contributed by atoms with Crippen molar-refractivity contribution in [2.24, 2.45) is 5.73 Å². The van der Waals surface area contributed by atoms with Gasteiger partial charge in [-0.15, -0.1) is 0 Å². The number of carbonyl (C=O) groups excluding carboxylic acids is 1. The van der Waals surface area contributed by atoms with Gasteiger partial charge >= 0.3 is 0 Å². The van der Waals surface area contributed by atoms with E-state index in [1.165, 1.54) is 12.8 Å². The van der Waals surface area contributed by atoms with E-state index in [0.29, 0.717) is 25.7 Å². The minimum atomic E-state index is -0.582. The Labute approximate surface area is 125 Å². The fourth-order valence-corrected chi connectivity index (χ4v) is 2.56. The van der Waals surface area contributed by atoms with Gasteiger partial charge in [-0.05, 0) is 37.0 Å². The number of rotatable bonds is 7. The maximum Gasteiger partial charge on any atom is 0.237 e. The van der Waals surface area contributed by atoms with Gasteiger partial charge in [0.05, 0.1) is 18.8 Å². The Morgan fingerprint density at radius 1 is 1.33 bits per heavy atom. The molecule has 0 unspecified atom stereocenters. The molecule has 1 amide bonds. The predicted molar refractivity (Wildman–Crippen MR) is 81.0 cm³/mol. The van der Waals surface area contributed by atoms with Crippen LogP contribution in [0.15, 0.2) is 24.3 Å². The second kappa shape index (κ2) is 8.00. The Balaban J connectivity index is 1.63. The number of phenols is 1. The number of benzene rings is 1. The maximum atomic E-state index is 11.9. The number of hydrogen-bond donors (Lipinski definition) is 3. The van der Waals surface area contributed by atoms with Gasteiger partial charge in [0.2, 0.25) is 5.91 Å². The smallest absolute Gasteiger partial charge is 0.237 e. The molecule has 1 aliphatic rings. The molecule has 5 heteroatoms. The summed E-state index contributed by atoms with van der Waals surface area (Å²) in [7, 11) is 0. The zero-order chi connectivity index (χ0) is 15.1. The molecule has 1 fully saturated rings. The summed E-state index contributed by atoms with van der Waals surface area (Å²) in [6, 6.07) is 6.14. The van der Waals surface area contributed by atoms with Crippen molar-refractivity contribution in [2.45, 2.75) is 44.2 Å². The fraction of sp³-hybridized carbons (Fsp3) is 0.562. The van der Waals surface area contributed by atoms with Crippen LogP contribution >= 0.6 is 0 Å². The molecule has 21 heavy (non-hydrogen) atoms. The molecule has 116 valence electrons. The first-order chi connectivity index (χ1) is 10.1. The van der Waals surface area contributed by atoms with Crippen LogP contribution < -0.4 is 11.1 Å². The van der Waals surface area contributed by atoms with Gasteiger partial charge in [-0.3, -0.25) is 4.79 Å². The normalized spacial score (nSPS) is 16.8. The number of aromatic hydroxyl groups is 1. The third-order valence-electron chi connectivity index (χ3n) is 3.79. The molecule has 0 aliphatic heterocycles. The summed E-state index contributed by atoms with van der Waals surface area (Å²) in [5.41, 5.74) is 6.80. The zero-order valence-electron chi connectivity index (χ0n) is 12.3. The van der Waals surface area contributed by atoms with Crippen LogP contribution in [-0.4, -0.2) is 36.3 Å². The van der Waals surface area contributed by atoms with Gasteiger partial charge in [-0.1, -0.05) is 25.0 Å². The van der Waals surface area contributed by atoms with Gasteiger partial charge in [0.1, 0.15) is 5.75 Å².